The van der Waals surface area contributed by atoms with E-state index < -0.39 is 0 Å². The molecule has 1 N–H and O–H groups in total. The summed E-state index contributed by atoms with van der Waals surface area (Å²) in [5.74, 6) is 0.820. The molecule has 2 amide bonds. The van der Waals surface area contributed by atoms with Gasteiger partial charge >= 0.3 is 6.03 Å². The Hall–Kier alpha value is -2.53. The minimum Gasteiger partial charge on any atom is -0.494 e. The predicted octanol–water partition coefficient (Wildman–Crippen LogP) is 4.01. The van der Waals surface area contributed by atoms with E-state index in [9.17, 15) is 4.79 Å². The third-order valence-corrected chi connectivity index (χ3v) is 5.57. The smallest absolute Gasteiger partial charge is 0.322 e. The standard InChI is InChI=1S/C23H29N3O2/c1-2-28-22-12-8-19(9-13-22)24-23(27)26-15-14-25(20-10-11-20)17-21(26)16-18-6-4-3-5-7-18/h3-9,12-13,20-21H,2,10-11,14-17H2,1H3,(H,24,27). The fourth-order valence-corrected chi connectivity index (χ4v) is 3.98. The average molecular weight is 380 g/mol. The summed E-state index contributed by atoms with van der Waals surface area (Å²) in [6.07, 6.45) is 3.49. The summed E-state index contributed by atoms with van der Waals surface area (Å²) >= 11 is 0. The topological polar surface area (TPSA) is 44.8 Å². The van der Waals surface area contributed by atoms with E-state index in [0.717, 1.165) is 43.5 Å². The number of nitrogens with zero attached hydrogens (tertiary/aromatic N) is 2. The molecular formula is C23H29N3O2. The number of amides is 2. The lowest BCUT2D eigenvalue weighted by molar-refractivity contribution is 0.0954. The third kappa shape index (κ3) is 4.65. The lowest BCUT2D eigenvalue weighted by atomic mass is 10.0. The Kier molecular flexibility index (Phi) is 5.81. The summed E-state index contributed by atoms with van der Waals surface area (Å²) in [5.41, 5.74) is 2.08. The number of piperazine rings is 1. The van der Waals surface area contributed by atoms with Gasteiger partial charge in [-0.2, -0.15) is 0 Å². The normalized spacial score (nSPS) is 20.0. The zero-order chi connectivity index (χ0) is 19.3. The molecule has 0 aromatic heterocycles. The first-order valence-electron chi connectivity index (χ1n) is 10.3. The van der Waals surface area contributed by atoms with E-state index in [1.807, 2.05) is 42.2 Å². The fourth-order valence-electron chi connectivity index (χ4n) is 3.98. The molecule has 1 aliphatic carbocycles. The van der Waals surface area contributed by atoms with Crippen LogP contribution in [0.1, 0.15) is 25.3 Å². The quantitative estimate of drug-likeness (QED) is 0.825. The minimum atomic E-state index is -0.0134. The highest BCUT2D eigenvalue weighted by Gasteiger charge is 2.37. The number of hydrogen-bond acceptors (Lipinski definition) is 3. The summed E-state index contributed by atoms with van der Waals surface area (Å²) in [6, 6.07) is 19.0. The van der Waals surface area contributed by atoms with Crippen LogP contribution in [0, 0.1) is 0 Å². The molecule has 2 aromatic rings. The number of carbonyl (C=O) groups excluding carboxylic acids is 1. The first-order valence-corrected chi connectivity index (χ1v) is 10.3. The Labute approximate surface area is 167 Å². The van der Waals surface area contributed by atoms with Crippen LogP contribution in [0.2, 0.25) is 0 Å². The number of rotatable bonds is 6. The highest BCUT2D eigenvalue weighted by atomic mass is 16.5. The van der Waals surface area contributed by atoms with Crippen LogP contribution in [0.25, 0.3) is 0 Å². The van der Waals surface area contributed by atoms with Gasteiger partial charge in [0.15, 0.2) is 0 Å². The van der Waals surface area contributed by atoms with Crippen LogP contribution in [0.5, 0.6) is 5.75 Å². The SMILES string of the molecule is CCOc1ccc(NC(=O)N2CCN(C3CC3)CC2Cc2ccccc2)cc1. The average Bonchev–Trinajstić information content (AvgIpc) is 3.56. The number of ether oxygens (including phenoxy) is 1. The molecule has 4 rings (SSSR count). The molecule has 1 unspecified atom stereocenters. The Balaban J connectivity index is 1.44. The molecule has 5 nitrogen and oxygen atoms in total. The molecule has 0 bridgehead atoms. The van der Waals surface area contributed by atoms with Crippen molar-refractivity contribution in [1.29, 1.82) is 0 Å². The molecule has 2 aromatic carbocycles. The maximum absolute atomic E-state index is 13.0. The van der Waals surface area contributed by atoms with E-state index in [4.69, 9.17) is 4.74 Å². The predicted molar refractivity (Wildman–Crippen MR) is 112 cm³/mol. The highest BCUT2D eigenvalue weighted by molar-refractivity contribution is 5.89. The monoisotopic (exact) mass is 379 g/mol. The zero-order valence-electron chi connectivity index (χ0n) is 16.5. The van der Waals surface area contributed by atoms with E-state index in [1.165, 1.54) is 18.4 Å². The summed E-state index contributed by atoms with van der Waals surface area (Å²) < 4.78 is 5.48. The van der Waals surface area contributed by atoms with Crippen LogP contribution in [0.3, 0.4) is 0 Å². The molecule has 2 fully saturated rings. The molecule has 148 valence electrons. The maximum Gasteiger partial charge on any atom is 0.322 e. The van der Waals surface area contributed by atoms with Crippen LogP contribution in [-0.2, 0) is 6.42 Å². The Morgan fingerprint density at radius 3 is 2.50 bits per heavy atom. The van der Waals surface area contributed by atoms with Crippen LogP contribution in [-0.4, -0.2) is 54.2 Å². The Bertz CT molecular complexity index is 774. The minimum absolute atomic E-state index is 0.0134. The van der Waals surface area contributed by atoms with Crippen molar-refractivity contribution in [3.05, 3.63) is 60.2 Å². The number of benzene rings is 2. The highest BCUT2D eigenvalue weighted by Crippen LogP contribution is 2.30. The second-order valence-corrected chi connectivity index (χ2v) is 7.65. The van der Waals surface area contributed by atoms with Crippen molar-refractivity contribution in [2.45, 2.75) is 38.3 Å². The van der Waals surface area contributed by atoms with Crippen molar-refractivity contribution in [2.75, 3.05) is 31.6 Å². The summed E-state index contributed by atoms with van der Waals surface area (Å²) in [4.78, 5) is 17.6. The second kappa shape index (κ2) is 8.65. The number of carbonyl (C=O) groups is 1. The van der Waals surface area contributed by atoms with E-state index >= 15 is 0 Å². The van der Waals surface area contributed by atoms with Crippen molar-refractivity contribution in [3.8, 4) is 5.75 Å². The molecule has 1 heterocycles. The summed E-state index contributed by atoms with van der Waals surface area (Å²) in [7, 11) is 0. The van der Waals surface area contributed by atoms with Gasteiger partial charge < -0.3 is 15.0 Å². The molecule has 2 aliphatic rings. The van der Waals surface area contributed by atoms with Gasteiger partial charge in [-0.25, -0.2) is 4.79 Å². The van der Waals surface area contributed by atoms with E-state index in [0.29, 0.717) is 6.61 Å². The molecule has 0 radical (unpaired) electrons. The van der Waals surface area contributed by atoms with Gasteiger partial charge in [-0.15, -0.1) is 0 Å². The number of anilines is 1. The molecule has 1 atom stereocenters. The first kappa shape index (κ1) is 18.8. The van der Waals surface area contributed by atoms with Crippen LogP contribution < -0.4 is 10.1 Å². The van der Waals surface area contributed by atoms with Gasteiger partial charge in [0.1, 0.15) is 5.75 Å². The number of urea groups is 1. The van der Waals surface area contributed by atoms with Gasteiger partial charge in [-0.05, 0) is 56.0 Å². The largest absolute Gasteiger partial charge is 0.494 e. The molecule has 0 spiro atoms. The van der Waals surface area contributed by atoms with Gasteiger partial charge in [-0.3, -0.25) is 4.90 Å². The Morgan fingerprint density at radius 1 is 1.07 bits per heavy atom. The second-order valence-electron chi connectivity index (χ2n) is 7.65. The lowest BCUT2D eigenvalue weighted by Crippen LogP contribution is -2.57. The van der Waals surface area contributed by atoms with Crippen molar-refractivity contribution in [1.82, 2.24) is 9.80 Å². The molecule has 1 aliphatic heterocycles. The van der Waals surface area contributed by atoms with Crippen LogP contribution >= 0.6 is 0 Å². The molecule has 1 saturated heterocycles. The van der Waals surface area contributed by atoms with E-state index in [2.05, 4.69) is 34.5 Å². The zero-order valence-corrected chi connectivity index (χ0v) is 16.5. The third-order valence-electron chi connectivity index (χ3n) is 5.57. The van der Waals surface area contributed by atoms with Crippen molar-refractivity contribution >= 4 is 11.7 Å². The first-order chi connectivity index (χ1) is 13.7. The van der Waals surface area contributed by atoms with E-state index in [-0.39, 0.29) is 12.1 Å². The van der Waals surface area contributed by atoms with Crippen molar-refractivity contribution < 1.29 is 9.53 Å². The van der Waals surface area contributed by atoms with Gasteiger partial charge in [-0.1, -0.05) is 30.3 Å². The van der Waals surface area contributed by atoms with Gasteiger partial charge in [0.2, 0.25) is 0 Å². The maximum atomic E-state index is 13.0. The lowest BCUT2D eigenvalue weighted by Gasteiger charge is -2.41. The number of hydrogen-bond donors (Lipinski definition) is 1. The van der Waals surface area contributed by atoms with Gasteiger partial charge in [0, 0.05) is 31.4 Å². The Morgan fingerprint density at radius 2 is 1.82 bits per heavy atom. The van der Waals surface area contributed by atoms with E-state index in [1.54, 1.807) is 0 Å². The van der Waals surface area contributed by atoms with Crippen molar-refractivity contribution in [2.24, 2.45) is 0 Å². The van der Waals surface area contributed by atoms with Gasteiger partial charge in [0.05, 0.1) is 12.6 Å². The number of nitrogens with one attached hydrogen (secondary N) is 1. The molecular weight excluding hydrogens is 350 g/mol. The van der Waals surface area contributed by atoms with Crippen LogP contribution in [0.4, 0.5) is 10.5 Å². The summed E-state index contributed by atoms with van der Waals surface area (Å²) in [5, 5.41) is 3.07. The fraction of sp³-hybridized carbons (Fsp3) is 0.435. The summed E-state index contributed by atoms with van der Waals surface area (Å²) in [6.45, 7) is 5.29. The van der Waals surface area contributed by atoms with Crippen LogP contribution in [0.15, 0.2) is 54.6 Å². The molecule has 1 saturated carbocycles. The van der Waals surface area contributed by atoms with Crippen molar-refractivity contribution in [3.63, 3.8) is 0 Å². The molecule has 28 heavy (non-hydrogen) atoms. The molecule has 5 heteroatoms. The van der Waals surface area contributed by atoms with Gasteiger partial charge in [0.25, 0.3) is 0 Å².